The lowest BCUT2D eigenvalue weighted by Crippen LogP contribution is -2.11. The van der Waals surface area contributed by atoms with Crippen LogP contribution >= 0.6 is 0 Å². The standard InChI is InChI=1S/C9H17NO/c1-5-9(2,3)7-6-8(11)10-4/h4-7H2,1-3H3. The molecule has 0 heterocycles. The molecule has 0 aromatic heterocycles. The van der Waals surface area contributed by atoms with Gasteiger partial charge in [0.15, 0.2) is 0 Å². The van der Waals surface area contributed by atoms with Gasteiger partial charge in [-0.1, -0.05) is 27.2 Å². The Morgan fingerprint density at radius 2 is 2.09 bits per heavy atom. The molecule has 0 N–H and O–H groups in total. The van der Waals surface area contributed by atoms with Gasteiger partial charge in [-0.05, 0) is 18.6 Å². The Bertz CT molecular complexity index is 150. The molecule has 0 bridgehead atoms. The van der Waals surface area contributed by atoms with Gasteiger partial charge < -0.3 is 0 Å². The first kappa shape index (κ1) is 10.3. The summed E-state index contributed by atoms with van der Waals surface area (Å²) in [5.41, 5.74) is 0.264. The van der Waals surface area contributed by atoms with Crippen LogP contribution in [0.3, 0.4) is 0 Å². The van der Waals surface area contributed by atoms with Crippen LogP contribution in [-0.2, 0) is 4.79 Å². The molecular weight excluding hydrogens is 138 g/mol. The van der Waals surface area contributed by atoms with E-state index in [9.17, 15) is 4.79 Å². The third-order valence-corrected chi connectivity index (χ3v) is 2.15. The van der Waals surface area contributed by atoms with E-state index in [1.54, 1.807) is 0 Å². The molecule has 2 nitrogen and oxygen atoms in total. The van der Waals surface area contributed by atoms with Gasteiger partial charge in [0.05, 0.1) is 0 Å². The van der Waals surface area contributed by atoms with Crippen LogP contribution in [0.5, 0.6) is 0 Å². The van der Waals surface area contributed by atoms with E-state index in [0.29, 0.717) is 6.42 Å². The molecule has 0 aromatic carbocycles. The molecule has 0 fully saturated rings. The number of aliphatic imine (C=N–C) groups is 1. The fourth-order valence-electron chi connectivity index (χ4n) is 0.701. The minimum absolute atomic E-state index is 0.0912. The summed E-state index contributed by atoms with van der Waals surface area (Å²) < 4.78 is 0. The quantitative estimate of drug-likeness (QED) is 0.573. The summed E-state index contributed by atoms with van der Waals surface area (Å²) in [6.07, 6.45) is 2.53. The predicted octanol–water partition coefficient (Wildman–Crippen LogP) is 2.43. The summed E-state index contributed by atoms with van der Waals surface area (Å²) in [7, 11) is 0. The number of hydrogen-bond acceptors (Lipinski definition) is 1. The lowest BCUT2D eigenvalue weighted by Gasteiger charge is -2.20. The predicted molar refractivity (Wildman–Crippen MR) is 47.9 cm³/mol. The van der Waals surface area contributed by atoms with Crippen LogP contribution in [0.1, 0.15) is 40.0 Å². The maximum Gasteiger partial charge on any atom is 0.245 e. The third kappa shape index (κ3) is 4.71. The molecule has 0 saturated heterocycles. The SMILES string of the molecule is C=NC(=O)CCC(C)(C)CC. The Hall–Kier alpha value is -0.660. The lowest BCUT2D eigenvalue weighted by atomic mass is 9.85. The summed E-state index contributed by atoms with van der Waals surface area (Å²) >= 11 is 0. The highest BCUT2D eigenvalue weighted by Gasteiger charge is 2.15. The first-order valence-corrected chi connectivity index (χ1v) is 4.01. The maximum absolute atomic E-state index is 10.7. The molecule has 0 aliphatic rings. The topological polar surface area (TPSA) is 29.4 Å². The molecule has 0 unspecified atom stereocenters. The van der Waals surface area contributed by atoms with E-state index < -0.39 is 0 Å². The van der Waals surface area contributed by atoms with Crippen LogP contribution in [0.15, 0.2) is 4.99 Å². The number of carbonyl (C=O) groups is 1. The minimum atomic E-state index is -0.0912. The Balaban J connectivity index is 3.69. The van der Waals surface area contributed by atoms with Crippen molar-refractivity contribution in [2.45, 2.75) is 40.0 Å². The number of hydrogen-bond donors (Lipinski definition) is 0. The monoisotopic (exact) mass is 155 g/mol. The number of amides is 1. The van der Waals surface area contributed by atoms with Crippen LogP contribution in [0.25, 0.3) is 0 Å². The van der Waals surface area contributed by atoms with Gasteiger partial charge in [-0.2, -0.15) is 0 Å². The van der Waals surface area contributed by atoms with Crippen LogP contribution in [0.4, 0.5) is 0 Å². The van der Waals surface area contributed by atoms with Crippen molar-refractivity contribution in [1.29, 1.82) is 0 Å². The molecule has 0 aliphatic heterocycles. The van der Waals surface area contributed by atoms with Crippen molar-refractivity contribution in [3.8, 4) is 0 Å². The summed E-state index contributed by atoms with van der Waals surface area (Å²) in [5, 5.41) is 0. The maximum atomic E-state index is 10.7. The molecule has 0 aromatic rings. The smallest absolute Gasteiger partial charge is 0.245 e. The van der Waals surface area contributed by atoms with Gasteiger partial charge in [-0.25, -0.2) is 4.99 Å². The summed E-state index contributed by atoms with van der Waals surface area (Å²) in [6.45, 7) is 9.63. The van der Waals surface area contributed by atoms with Crippen LogP contribution in [0, 0.1) is 5.41 Å². The minimum Gasteiger partial charge on any atom is -0.273 e. The Kier molecular flexibility index (Phi) is 4.01. The van der Waals surface area contributed by atoms with Gasteiger partial charge in [0.25, 0.3) is 0 Å². The molecule has 0 radical (unpaired) electrons. The average molecular weight is 155 g/mol. The first-order chi connectivity index (χ1) is 5.02. The van der Waals surface area contributed by atoms with E-state index in [-0.39, 0.29) is 11.3 Å². The summed E-state index contributed by atoms with van der Waals surface area (Å²) in [4.78, 5) is 14.1. The second-order valence-electron chi connectivity index (χ2n) is 3.57. The zero-order valence-electron chi connectivity index (χ0n) is 7.68. The number of carbonyl (C=O) groups excluding carboxylic acids is 1. The average Bonchev–Trinajstić information content (AvgIpc) is 2.00. The highest BCUT2D eigenvalue weighted by Crippen LogP contribution is 2.25. The Morgan fingerprint density at radius 3 is 2.45 bits per heavy atom. The van der Waals surface area contributed by atoms with Gasteiger partial charge in [-0.15, -0.1) is 0 Å². The van der Waals surface area contributed by atoms with Crippen molar-refractivity contribution in [3.63, 3.8) is 0 Å². The van der Waals surface area contributed by atoms with E-state index in [1.807, 2.05) is 0 Å². The number of rotatable bonds is 4. The van der Waals surface area contributed by atoms with Crippen molar-refractivity contribution in [1.82, 2.24) is 0 Å². The fourth-order valence-corrected chi connectivity index (χ4v) is 0.701. The third-order valence-electron chi connectivity index (χ3n) is 2.15. The van der Waals surface area contributed by atoms with Gasteiger partial charge in [0.2, 0.25) is 5.91 Å². The number of nitrogens with zero attached hydrogens (tertiary/aromatic N) is 1. The molecule has 64 valence electrons. The zero-order chi connectivity index (χ0) is 8.91. The van der Waals surface area contributed by atoms with Crippen molar-refractivity contribution >= 4 is 12.6 Å². The Morgan fingerprint density at radius 1 is 1.55 bits per heavy atom. The van der Waals surface area contributed by atoms with E-state index in [1.165, 1.54) is 0 Å². The van der Waals surface area contributed by atoms with Crippen molar-refractivity contribution in [3.05, 3.63) is 0 Å². The van der Waals surface area contributed by atoms with Crippen molar-refractivity contribution in [2.24, 2.45) is 10.4 Å². The van der Waals surface area contributed by atoms with Crippen LogP contribution < -0.4 is 0 Å². The lowest BCUT2D eigenvalue weighted by molar-refractivity contribution is -0.118. The molecular formula is C9H17NO. The van der Waals surface area contributed by atoms with Crippen molar-refractivity contribution in [2.75, 3.05) is 0 Å². The molecule has 11 heavy (non-hydrogen) atoms. The van der Waals surface area contributed by atoms with Crippen LogP contribution in [0.2, 0.25) is 0 Å². The van der Waals surface area contributed by atoms with E-state index in [4.69, 9.17) is 0 Å². The van der Waals surface area contributed by atoms with E-state index in [2.05, 4.69) is 32.5 Å². The summed E-state index contributed by atoms with van der Waals surface area (Å²) in [6, 6.07) is 0. The highest BCUT2D eigenvalue weighted by molar-refractivity contribution is 5.80. The molecule has 0 rings (SSSR count). The first-order valence-electron chi connectivity index (χ1n) is 4.01. The van der Waals surface area contributed by atoms with Crippen molar-refractivity contribution < 1.29 is 4.79 Å². The second kappa shape index (κ2) is 4.27. The zero-order valence-corrected chi connectivity index (χ0v) is 7.68. The molecule has 0 atom stereocenters. The second-order valence-corrected chi connectivity index (χ2v) is 3.57. The summed E-state index contributed by atoms with van der Waals surface area (Å²) in [5.74, 6) is -0.0912. The van der Waals surface area contributed by atoms with Gasteiger partial charge in [0.1, 0.15) is 0 Å². The van der Waals surface area contributed by atoms with Gasteiger partial charge in [-0.3, -0.25) is 4.79 Å². The normalized spacial score (nSPS) is 11.2. The van der Waals surface area contributed by atoms with Gasteiger partial charge >= 0.3 is 0 Å². The van der Waals surface area contributed by atoms with E-state index >= 15 is 0 Å². The van der Waals surface area contributed by atoms with E-state index in [0.717, 1.165) is 12.8 Å². The Labute approximate surface area is 68.7 Å². The fraction of sp³-hybridized carbons (Fsp3) is 0.778. The highest BCUT2D eigenvalue weighted by atomic mass is 16.1. The largest absolute Gasteiger partial charge is 0.273 e. The molecule has 0 saturated carbocycles. The van der Waals surface area contributed by atoms with Crippen LogP contribution in [-0.4, -0.2) is 12.6 Å². The molecule has 0 spiro atoms. The van der Waals surface area contributed by atoms with Gasteiger partial charge in [0, 0.05) is 6.42 Å². The molecule has 1 amide bonds. The molecule has 2 heteroatoms. The molecule has 0 aliphatic carbocycles.